The number of rotatable bonds is 4. The highest BCUT2D eigenvalue weighted by molar-refractivity contribution is 5.80. The second-order valence-corrected chi connectivity index (χ2v) is 8.09. The molecule has 0 saturated carbocycles. The van der Waals surface area contributed by atoms with Gasteiger partial charge in [-0.1, -0.05) is 59.7 Å². The molecule has 0 spiro atoms. The molecule has 6 heteroatoms. The molecule has 0 fully saturated rings. The number of nitro benzene ring substituents is 1. The molecule has 158 valence electrons. The van der Waals surface area contributed by atoms with Crippen molar-refractivity contribution in [3.8, 4) is 11.3 Å². The first-order valence-corrected chi connectivity index (χ1v) is 10.4. The van der Waals surface area contributed by atoms with Crippen molar-refractivity contribution in [2.45, 2.75) is 19.9 Å². The summed E-state index contributed by atoms with van der Waals surface area (Å²) >= 11 is 0. The van der Waals surface area contributed by atoms with E-state index in [0.29, 0.717) is 0 Å². The van der Waals surface area contributed by atoms with Crippen molar-refractivity contribution >= 4 is 17.2 Å². The fraction of sp³-hybridized carbons (Fsp3) is 0.115. The average Bonchev–Trinajstić information content (AvgIpc) is 3.24. The normalized spacial score (nSPS) is 14.9. The van der Waals surface area contributed by atoms with Gasteiger partial charge in [-0.2, -0.15) is 5.10 Å². The van der Waals surface area contributed by atoms with Gasteiger partial charge in [0.1, 0.15) is 5.82 Å². The Morgan fingerprint density at radius 3 is 2.09 bits per heavy atom. The Morgan fingerprint density at radius 1 is 0.875 bits per heavy atom. The lowest BCUT2D eigenvalue weighted by molar-refractivity contribution is -0.384. The van der Waals surface area contributed by atoms with Crippen molar-refractivity contribution in [1.29, 1.82) is 0 Å². The summed E-state index contributed by atoms with van der Waals surface area (Å²) in [5.74, 6) is 0.877. The number of nitro groups is 1. The quantitative estimate of drug-likeness (QED) is 0.317. The SMILES string of the molecule is Cc1ccc(C2=C[C@H](c3ccc(C)cc3)n3nc(-c4ccc([N+](=O)[O-])cc4)cc3N2)cc1. The van der Waals surface area contributed by atoms with Gasteiger partial charge in [0.25, 0.3) is 5.69 Å². The molecule has 1 aliphatic rings. The van der Waals surface area contributed by atoms with Gasteiger partial charge in [0.05, 0.1) is 16.7 Å². The summed E-state index contributed by atoms with van der Waals surface area (Å²) in [6, 6.07) is 25.3. The van der Waals surface area contributed by atoms with E-state index >= 15 is 0 Å². The molecule has 0 amide bonds. The number of hydrogen-bond acceptors (Lipinski definition) is 4. The first-order chi connectivity index (χ1) is 15.5. The molecule has 2 heterocycles. The van der Waals surface area contributed by atoms with Crippen LogP contribution in [-0.4, -0.2) is 14.7 Å². The maximum absolute atomic E-state index is 11.0. The summed E-state index contributed by atoms with van der Waals surface area (Å²) < 4.78 is 1.97. The number of non-ortho nitro benzene ring substituents is 1. The summed E-state index contributed by atoms with van der Waals surface area (Å²) in [4.78, 5) is 10.6. The van der Waals surface area contributed by atoms with Gasteiger partial charge < -0.3 is 5.32 Å². The summed E-state index contributed by atoms with van der Waals surface area (Å²) in [5.41, 5.74) is 7.36. The molecule has 32 heavy (non-hydrogen) atoms. The molecule has 6 nitrogen and oxygen atoms in total. The van der Waals surface area contributed by atoms with Gasteiger partial charge in [-0.05, 0) is 43.2 Å². The predicted molar refractivity (Wildman–Crippen MR) is 126 cm³/mol. The van der Waals surface area contributed by atoms with Gasteiger partial charge in [-0.15, -0.1) is 0 Å². The molecular formula is C26H22N4O2. The molecule has 0 aliphatic carbocycles. The van der Waals surface area contributed by atoms with Gasteiger partial charge in [0.2, 0.25) is 0 Å². The second-order valence-electron chi connectivity index (χ2n) is 8.09. The Kier molecular flexibility index (Phi) is 4.82. The third kappa shape index (κ3) is 3.67. The highest BCUT2D eigenvalue weighted by Gasteiger charge is 2.24. The number of hydrogen-bond donors (Lipinski definition) is 1. The lowest BCUT2D eigenvalue weighted by atomic mass is 10.00. The van der Waals surface area contributed by atoms with Crippen LogP contribution in [0.5, 0.6) is 0 Å². The average molecular weight is 422 g/mol. The number of benzene rings is 3. The van der Waals surface area contributed by atoms with Crippen LogP contribution < -0.4 is 5.32 Å². The van der Waals surface area contributed by atoms with Crippen LogP contribution in [-0.2, 0) is 0 Å². The van der Waals surface area contributed by atoms with Crippen molar-refractivity contribution < 1.29 is 4.92 Å². The van der Waals surface area contributed by atoms with Crippen molar-refractivity contribution in [2.75, 3.05) is 5.32 Å². The van der Waals surface area contributed by atoms with Crippen molar-refractivity contribution in [1.82, 2.24) is 9.78 Å². The van der Waals surface area contributed by atoms with E-state index in [4.69, 9.17) is 5.10 Å². The minimum Gasteiger partial charge on any atom is -0.340 e. The highest BCUT2D eigenvalue weighted by atomic mass is 16.6. The van der Waals surface area contributed by atoms with Gasteiger partial charge in [0.15, 0.2) is 0 Å². The van der Waals surface area contributed by atoms with Crippen LogP contribution in [0.2, 0.25) is 0 Å². The molecule has 1 aromatic heterocycles. The maximum Gasteiger partial charge on any atom is 0.269 e. The van der Waals surface area contributed by atoms with E-state index in [9.17, 15) is 10.1 Å². The molecular weight excluding hydrogens is 400 g/mol. The molecule has 0 bridgehead atoms. The Morgan fingerprint density at radius 2 is 1.47 bits per heavy atom. The number of aryl methyl sites for hydroxylation is 2. The Bertz CT molecular complexity index is 1320. The molecule has 0 saturated heterocycles. The van der Waals surface area contributed by atoms with Crippen LogP contribution in [0, 0.1) is 24.0 Å². The first-order valence-electron chi connectivity index (χ1n) is 10.4. The predicted octanol–water partition coefficient (Wildman–Crippen LogP) is 6.13. The number of anilines is 1. The minimum atomic E-state index is -0.394. The van der Waals surface area contributed by atoms with Gasteiger partial charge in [-0.3, -0.25) is 10.1 Å². The number of nitrogens with zero attached hydrogens (tertiary/aromatic N) is 3. The summed E-state index contributed by atoms with van der Waals surface area (Å²) in [6.07, 6.45) is 2.19. The fourth-order valence-corrected chi connectivity index (χ4v) is 3.91. The van der Waals surface area contributed by atoms with Gasteiger partial charge >= 0.3 is 0 Å². The Hall–Kier alpha value is -4.19. The molecule has 1 atom stereocenters. The molecule has 4 aromatic rings. The smallest absolute Gasteiger partial charge is 0.269 e. The van der Waals surface area contributed by atoms with Gasteiger partial charge in [0, 0.05) is 29.5 Å². The Labute approximate surface area is 186 Å². The van der Waals surface area contributed by atoms with Crippen LogP contribution in [0.25, 0.3) is 17.0 Å². The Balaban J connectivity index is 1.58. The highest BCUT2D eigenvalue weighted by Crippen LogP contribution is 2.36. The van der Waals surface area contributed by atoms with Gasteiger partial charge in [-0.25, -0.2) is 4.68 Å². The van der Waals surface area contributed by atoms with E-state index in [1.807, 2.05) is 10.7 Å². The summed E-state index contributed by atoms with van der Waals surface area (Å²) in [7, 11) is 0. The van der Waals surface area contributed by atoms with Crippen molar-refractivity contribution in [3.63, 3.8) is 0 Å². The van der Waals surface area contributed by atoms with E-state index < -0.39 is 4.92 Å². The number of aromatic nitrogens is 2. The van der Waals surface area contributed by atoms with Crippen molar-refractivity contribution in [2.24, 2.45) is 0 Å². The molecule has 3 aromatic carbocycles. The molecule has 0 radical (unpaired) electrons. The van der Waals surface area contributed by atoms with Crippen LogP contribution in [0.3, 0.4) is 0 Å². The fourth-order valence-electron chi connectivity index (χ4n) is 3.91. The van der Waals surface area contributed by atoms with Crippen LogP contribution >= 0.6 is 0 Å². The lowest BCUT2D eigenvalue weighted by Crippen LogP contribution is -2.19. The number of allylic oxidation sites excluding steroid dienone is 1. The molecule has 1 aliphatic heterocycles. The monoisotopic (exact) mass is 422 g/mol. The number of nitrogens with one attached hydrogen (secondary N) is 1. The lowest BCUT2D eigenvalue weighted by Gasteiger charge is -2.25. The number of fused-ring (bicyclic) bond motifs is 1. The maximum atomic E-state index is 11.0. The third-order valence-corrected chi connectivity index (χ3v) is 5.74. The zero-order valence-corrected chi connectivity index (χ0v) is 17.8. The molecule has 5 rings (SSSR count). The first kappa shape index (κ1) is 19.8. The second kappa shape index (κ2) is 7.81. The van der Waals surface area contributed by atoms with Crippen molar-refractivity contribution in [3.05, 3.63) is 117 Å². The summed E-state index contributed by atoms with van der Waals surface area (Å²) in [5, 5.41) is 19.4. The van der Waals surface area contributed by atoms with E-state index in [2.05, 4.69) is 73.8 Å². The largest absolute Gasteiger partial charge is 0.340 e. The zero-order chi connectivity index (χ0) is 22.2. The van der Waals surface area contributed by atoms with E-state index in [1.54, 1.807) is 12.1 Å². The van der Waals surface area contributed by atoms with E-state index in [0.717, 1.165) is 33.9 Å². The third-order valence-electron chi connectivity index (χ3n) is 5.74. The van der Waals surface area contributed by atoms with Crippen LogP contribution in [0.15, 0.2) is 84.9 Å². The van der Waals surface area contributed by atoms with E-state index in [-0.39, 0.29) is 11.7 Å². The standard InChI is InChI=1S/C26H22N4O2/c1-17-3-7-19(8-4-17)23-15-25(21-9-5-18(2)6-10-21)29-26(27-23)16-24(28-29)20-11-13-22(14-12-20)30(31)32/h3-16,25,27H,1-2H3/t25-/m1/s1. The molecule has 0 unspecified atom stereocenters. The zero-order valence-electron chi connectivity index (χ0n) is 17.8. The van der Waals surface area contributed by atoms with Crippen LogP contribution in [0.1, 0.15) is 28.3 Å². The van der Waals surface area contributed by atoms with E-state index in [1.165, 1.54) is 23.3 Å². The summed E-state index contributed by atoms with van der Waals surface area (Å²) in [6.45, 7) is 4.15. The van der Waals surface area contributed by atoms with Crippen LogP contribution in [0.4, 0.5) is 11.5 Å². The molecule has 1 N–H and O–H groups in total. The topological polar surface area (TPSA) is 73.0 Å². The minimum absolute atomic E-state index is 0.0664.